The Morgan fingerprint density at radius 3 is 1.69 bits per heavy atom. The van der Waals surface area contributed by atoms with Gasteiger partial charge in [0, 0.05) is 92.1 Å². The van der Waals surface area contributed by atoms with E-state index in [0.29, 0.717) is 28.5 Å². The van der Waals surface area contributed by atoms with Crippen LogP contribution in [0.5, 0.6) is 0 Å². The molecule has 8 heterocycles. The van der Waals surface area contributed by atoms with Crippen LogP contribution in [0.3, 0.4) is 0 Å². The lowest BCUT2D eigenvalue weighted by Crippen LogP contribution is -2.36. The van der Waals surface area contributed by atoms with E-state index < -0.39 is 0 Å². The second-order valence-corrected chi connectivity index (χ2v) is 14.1. The largest absolute Gasteiger partial charge is 0.378 e. The second kappa shape index (κ2) is 17.0. The molecule has 0 atom stereocenters. The summed E-state index contributed by atoms with van der Waals surface area (Å²) < 4.78 is 9.12. The SMILES string of the molecule is O=C(Nc1ccccn1)c1cccn2cc(-c3ccc(N4CCOCC4)cc3)nc12.O=C(Nc1ccccn1)c1nccn2cc(-c3ccc(N4CCCC4)cc3)nc12. The molecular weight excluding hydrogens is 743 g/mol. The molecule has 0 unspecified atom stereocenters. The van der Waals surface area contributed by atoms with Gasteiger partial charge in [0.15, 0.2) is 11.3 Å². The van der Waals surface area contributed by atoms with Crippen molar-refractivity contribution in [3.8, 4) is 22.5 Å². The fourth-order valence-electron chi connectivity index (χ4n) is 7.26. The third-order valence-corrected chi connectivity index (χ3v) is 10.3. The van der Waals surface area contributed by atoms with Gasteiger partial charge >= 0.3 is 0 Å². The first-order valence-corrected chi connectivity index (χ1v) is 19.6. The summed E-state index contributed by atoms with van der Waals surface area (Å²) in [6, 6.07) is 31.1. The number of nitrogens with one attached hydrogen (secondary N) is 2. The number of nitrogens with zero attached hydrogens (tertiary/aromatic N) is 9. The molecule has 2 fully saturated rings. The van der Waals surface area contributed by atoms with E-state index in [4.69, 9.17) is 9.72 Å². The molecule has 0 spiro atoms. The molecule has 2 aromatic carbocycles. The van der Waals surface area contributed by atoms with E-state index in [0.717, 1.165) is 61.9 Å². The van der Waals surface area contributed by atoms with E-state index in [9.17, 15) is 9.59 Å². The van der Waals surface area contributed by atoms with Gasteiger partial charge in [-0.1, -0.05) is 36.4 Å². The standard InChI is InChI=1S/C23H21N5O2.C22H20N6O/c29-23(26-21-5-1-2-10-24-21)19-4-3-11-28-16-20(25-22(19)28)17-6-8-18(9-7-17)27-12-14-30-15-13-27;29-22(26-19-5-1-2-10-23-19)20-21-25-18(15-28(21)14-11-24-20)16-6-8-17(9-7-16)27-12-3-4-13-27/h1-11,16H,12-15H2,(H,24,26,29);1-2,5-11,14-15H,3-4,12-13H2,(H,23,26,29). The highest BCUT2D eigenvalue weighted by Crippen LogP contribution is 2.27. The number of carbonyl (C=O) groups is 2. The minimum Gasteiger partial charge on any atom is -0.378 e. The smallest absolute Gasteiger partial charge is 0.279 e. The van der Waals surface area contributed by atoms with Gasteiger partial charge in [-0.15, -0.1) is 0 Å². The molecule has 59 heavy (non-hydrogen) atoms. The molecule has 0 aliphatic carbocycles. The first kappa shape index (κ1) is 37.1. The lowest BCUT2D eigenvalue weighted by Gasteiger charge is -2.28. The first-order valence-electron chi connectivity index (χ1n) is 19.6. The Labute approximate surface area is 340 Å². The summed E-state index contributed by atoms with van der Waals surface area (Å²) in [5.41, 5.74) is 7.95. The van der Waals surface area contributed by atoms with Crippen molar-refractivity contribution in [1.82, 2.24) is 33.7 Å². The average Bonchev–Trinajstić information content (AvgIpc) is 4.09. The predicted octanol–water partition coefficient (Wildman–Crippen LogP) is 7.13. The Kier molecular flexibility index (Phi) is 10.7. The number of hydrogen-bond donors (Lipinski definition) is 2. The lowest BCUT2D eigenvalue weighted by atomic mass is 10.1. The van der Waals surface area contributed by atoms with E-state index >= 15 is 0 Å². The van der Waals surface area contributed by atoms with Gasteiger partial charge in [0.05, 0.1) is 30.2 Å². The Hall–Kier alpha value is -7.45. The number of morpholine rings is 1. The van der Waals surface area contributed by atoms with Crippen LogP contribution in [-0.4, -0.2) is 84.9 Å². The number of hydrogen-bond acceptors (Lipinski definition) is 10. The van der Waals surface area contributed by atoms with Crippen molar-refractivity contribution in [3.05, 3.63) is 152 Å². The summed E-state index contributed by atoms with van der Waals surface area (Å²) >= 11 is 0. The summed E-state index contributed by atoms with van der Waals surface area (Å²) in [6.07, 6.45) is 14.9. The Bertz CT molecular complexity index is 2690. The molecule has 14 nitrogen and oxygen atoms in total. The number of ether oxygens (including phenoxy) is 1. The van der Waals surface area contributed by atoms with Gasteiger partial charge in [-0.05, 0) is 73.5 Å². The highest BCUT2D eigenvalue weighted by molar-refractivity contribution is 6.08. The van der Waals surface area contributed by atoms with Crippen molar-refractivity contribution in [2.45, 2.75) is 12.8 Å². The van der Waals surface area contributed by atoms with E-state index in [2.05, 4.69) is 88.9 Å². The number of benzene rings is 2. The quantitative estimate of drug-likeness (QED) is 0.163. The number of aromatic nitrogens is 7. The van der Waals surface area contributed by atoms with Crippen molar-refractivity contribution in [2.75, 3.05) is 59.8 Å². The van der Waals surface area contributed by atoms with Gasteiger partial charge in [-0.2, -0.15) is 0 Å². The Morgan fingerprint density at radius 1 is 0.542 bits per heavy atom. The number of carbonyl (C=O) groups excluding carboxylic acids is 2. The first-order chi connectivity index (χ1) is 29.1. The third-order valence-electron chi connectivity index (χ3n) is 10.3. The summed E-state index contributed by atoms with van der Waals surface area (Å²) in [5.74, 6) is 0.413. The molecule has 2 aliphatic heterocycles. The topological polar surface area (TPSA) is 147 Å². The zero-order valence-electron chi connectivity index (χ0n) is 32.2. The normalized spacial score (nSPS) is 13.9. The van der Waals surface area contributed by atoms with Crippen molar-refractivity contribution in [2.24, 2.45) is 0 Å². The minimum absolute atomic E-state index is 0.237. The summed E-state index contributed by atoms with van der Waals surface area (Å²) in [7, 11) is 0. The van der Waals surface area contributed by atoms with Crippen LogP contribution in [0.25, 0.3) is 33.8 Å². The fraction of sp³-hybridized carbons (Fsp3) is 0.178. The van der Waals surface area contributed by atoms with Crippen LogP contribution in [0.15, 0.2) is 140 Å². The van der Waals surface area contributed by atoms with E-state index in [1.54, 1.807) is 49.1 Å². The third kappa shape index (κ3) is 8.34. The molecule has 10 rings (SSSR count). The number of pyridine rings is 3. The van der Waals surface area contributed by atoms with Crippen LogP contribution in [0.4, 0.5) is 23.0 Å². The molecule has 2 saturated heterocycles. The number of amides is 2. The molecule has 0 radical (unpaired) electrons. The van der Waals surface area contributed by atoms with Crippen LogP contribution in [-0.2, 0) is 4.74 Å². The highest BCUT2D eigenvalue weighted by Gasteiger charge is 2.19. The van der Waals surface area contributed by atoms with Gasteiger partial charge in [-0.3, -0.25) is 9.59 Å². The molecule has 6 aromatic heterocycles. The van der Waals surface area contributed by atoms with Gasteiger partial charge in [0.25, 0.3) is 11.8 Å². The van der Waals surface area contributed by atoms with E-state index in [-0.39, 0.29) is 17.5 Å². The zero-order chi connectivity index (χ0) is 40.0. The number of anilines is 4. The fourth-order valence-corrected chi connectivity index (χ4v) is 7.26. The Morgan fingerprint density at radius 2 is 1.10 bits per heavy atom. The van der Waals surface area contributed by atoms with Crippen molar-refractivity contribution in [1.29, 1.82) is 0 Å². The van der Waals surface area contributed by atoms with Crippen LogP contribution in [0.2, 0.25) is 0 Å². The maximum Gasteiger partial charge on any atom is 0.279 e. The zero-order valence-corrected chi connectivity index (χ0v) is 32.2. The van der Waals surface area contributed by atoms with Crippen molar-refractivity contribution >= 4 is 46.1 Å². The lowest BCUT2D eigenvalue weighted by molar-refractivity contribution is 0.101. The second-order valence-electron chi connectivity index (χ2n) is 14.1. The van der Waals surface area contributed by atoms with Gasteiger partial charge in [0.1, 0.15) is 17.3 Å². The van der Waals surface area contributed by atoms with Crippen molar-refractivity contribution in [3.63, 3.8) is 0 Å². The number of imidazole rings is 2. The monoisotopic (exact) mass is 783 g/mol. The molecule has 14 heteroatoms. The average molecular weight is 784 g/mol. The maximum absolute atomic E-state index is 12.8. The van der Waals surface area contributed by atoms with Gasteiger partial charge in [0.2, 0.25) is 0 Å². The molecular formula is C45H41N11O3. The number of rotatable bonds is 8. The van der Waals surface area contributed by atoms with E-state index in [1.165, 1.54) is 24.2 Å². The Balaban J connectivity index is 0.000000152. The molecule has 294 valence electrons. The molecule has 2 amide bonds. The predicted molar refractivity (Wildman–Crippen MR) is 228 cm³/mol. The van der Waals surface area contributed by atoms with Crippen LogP contribution in [0, 0.1) is 0 Å². The number of fused-ring (bicyclic) bond motifs is 2. The minimum atomic E-state index is -0.337. The highest BCUT2D eigenvalue weighted by atomic mass is 16.5. The van der Waals surface area contributed by atoms with E-state index in [1.807, 2.05) is 51.7 Å². The van der Waals surface area contributed by atoms with Gasteiger partial charge < -0.3 is 34.0 Å². The summed E-state index contributed by atoms with van der Waals surface area (Å²) in [6.45, 7) is 5.57. The van der Waals surface area contributed by atoms with Crippen LogP contribution in [0.1, 0.15) is 33.7 Å². The van der Waals surface area contributed by atoms with Crippen LogP contribution >= 0.6 is 0 Å². The summed E-state index contributed by atoms with van der Waals surface area (Å²) in [4.78, 5) is 52.1. The van der Waals surface area contributed by atoms with Crippen LogP contribution < -0.4 is 20.4 Å². The maximum atomic E-state index is 12.8. The molecule has 0 bridgehead atoms. The van der Waals surface area contributed by atoms with Crippen molar-refractivity contribution < 1.29 is 14.3 Å². The molecule has 2 N–H and O–H groups in total. The molecule has 8 aromatic rings. The summed E-state index contributed by atoms with van der Waals surface area (Å²) in [5, 5.41) is 5.59. The molecule has 2 aliphatic rings. The molecule has 0 saturated carbocycles. The van der Waals surface area contributed by atoms with Gasteiger partial charge in [-0.25, -0.2) is 24.9 Å².